The van der Waals surface area contributed by atoms with Gasteiger partial charge >= 0.3 is 0 Å². The van der Waals surface area contributed by atoms with Crippen LogP contribution in [0.25, 0.3) is 16.7 Å². The lowest BCUT2D eigenvalue weighted by Crippen LogP contribution is -2.13. The SMILES string of the molecule is Cc1cc(C)n(-c2cc(Oc3ccc(NS(=O)(=O)c4cccc5cccnc45)cc3)ncn2)n1. The van der Waals surface area contributed by atoms with Gasteiger partial charge in [0.15, 0.2) is 5.82 Å². The fraction of sp³-hybridized carbons (Fsp3) is 0.0833. The molecule has 5 aromatic rings. The van der Waals surface area contributed by atoms with Crippen LogP contribution in [0.2, 0.25) is 0 Å². The van der Waals surface area contributed by atoms with Crippen molar-refractivity contribution in [2.45, 2.75) is 18.7 Å². The van der Waals surface area contributed by atoms with Gasteiger partial charge in [0.1, 0.15) is 17.0 Å². The van der Waals surface area contributed by atoms with Gasteiger partial charge in [-0.05, 0) is 56.3 Å². The van der Waals surface area contributed by atoms with Gasteiger partial charge in [-0.1, -0.05) is 18.2 Å². The molecule has 2 aromatic carbocycles. The van der Waals surface area contributed by atoms with E-state index in [4.69, 9.17) is 4.74 Å². The molecule has 0 saturated carbocycles. The van der Waals surface area contributed by atoms with Crippen molar-refractivity contribution in [3.05, 3.63) is 90.6 Å². The Morgan fingerprint density at radius 2 is 1.71 bits per heavy atom. The third kappa shape index (κ3) is 4.30. The standard InChI is InChI=1S/C24H20N6O3S/c1-16-13-17(2)30(28-16)22-14-23(27-15-26-22)33-20-10-8-19(9-11-20)29-34(31,32)21-7-3-5-18-6-4-12-25-24(18)21/h3-15,29H,1-2H3. The van der Waals surface area contributed by atoms with Crippen molar-refractivity contribution in [2.75, 3.05) is 4.72 Å². The average Bonchev–Trinajstić information content (AvgIpc) is 3.18. The van der Waals surface area contributed by atoms with E-state index in [0.29, 0.717) is 28.7 Å². The molecular weight excluding hydrogens is 452 g/mol. The number of nitrogens with one attached hydrogen (secondary N) is 1. The second kappa shape index (κ2) is 8.56. The topological polar surface area (TPSA) is 112 Å². The van der Waals surface area contributed by atoms with Crippen LogP contribution in [0.1, 0.15) is 11.4 Å². The van der Waals surface area contributed by atoms with Gasteiger partial charge in [0, 0.05) is 29.0 Å². The maximum atomic E-state index is 13.0. The van der Waals surface area contributed by atoms with Gasteiger partial charge < -0.3 is 4.74 Å². The van der Waals surface area contributed by atoms with E-state index in [1.165, 1.54) is 12.4 Å². The highest BCUT2D eigenvalue weighted by Gasteiger charge is 2.18. The Morgan fingerprint density at radius 3 is 2.47 bits per heavy atom. The van der Waals surface area contributed by atoms with Gasteiger partial charge in [0.25, 0.3) is 10.0 Å². The van der Waals surface area contributed by atoms with Crippen LogP contribution in [-0.2, 0) is 10.0 Å². The van der Waals surface area contributed by atoms with Crippen molar-refractivity contribution in [3.63, 3.8) is 0 Å². The third-order valence-electron chi connectivity index (χ3n) is 5.07. The van der Waals surface area contributed by atoms with Gasteiger partial charge in [-0.3, -0.25) is 9.71 Å². The zero-order chi connectivity index (χ0) is 23.7. The van der Waals surface area contributed by atoms with Crippen LogP contribution in [0, 0.1) is 13.8 Å². The molecule has 0 aliphatic rings. The molecule has 0 saturated heterocycles. The number of fused-ring (bicyclic) bond motifs is 1. The molecule has 0 atom stereocenters. The van der Waals surface area contributed by atoms with Crippen molar-refractivity contribution in [1.29, 1.82) is 0 Å². The first-order chi connectivity index (χ1) is 16.4. The van der Waals surface area contributed by atoms with Gasteiger partial charge in [0.05, 0.1) is 11.2 Å². The monoisotopic (exact) mass is 472 g/mol. The zero-order valence-electron chi connectivity index (χ0n) is 18.4. The van der Waals surface area contributed by atoms with Gasteiger partial charge in [0.2, 0.25) is 5.88 Å². The summed E-state index contributed by atoms with van der Waals surface area (Å²) >= 11 is 0. The van der Waals surface area contributed by atoms with Crippen LogP contribution in [0.3, 0.4) is 0 Å². The molecule has 9 nitrogen and oxygen atoms in total. The summed E-state index contributed by atoms with van der Waals surface area (Å²) in [6.45, 7) is 3.85. The minimum Gasteiger partial charge on any atom is -0.439 e. The molecule has 0 aliphatic carbocycles. The predicted molar refractivity (Wildman–Crippen MR) is 128 cm³/mol. The molecule has 3 heterocycles. The molecule has 0 spiro atoms. The number of sulfonamides is 1. The van der Waals surface area contributed by atoms with Crippen LogP contribution in [0.4, 0.5) is 5.69 Å². The average molecular weight is 473 g/mol. The summed E-state index contributed by atoms with van der Waals surface area (Å²) in [6, 6.07) is 18.8. The molecule has 0 bridgehead atoms. The van der Waals surface area contributed by atoms with Gasteiger partial charge in [-0.25, -0.2) is 23.1 Å². The molecule has 0 amide bonds. The highest BCUT2D eigenvalue weighted by atomic mass is 32.2. The van der Waals surface area contributed by atoms with Crippen LogP contribution in [0.5, 0.6) is 11.6 Å². The quantitative estimate of drug-likeness (QED) is 0.389. The van der Waals surface area contributed by atoms with Crippen molar-refractivity contribution in [2.24, 2.45) is 0 Å². The van der Waals surface area contributed by atoms with E-state index in [2.05, 4.69) is 24.8 Å². The Kier molecular flexibility index (Phi) is 5.42. The summed E-state index contributed by atoms with van der Waals surface area (Å²) in [4.78, 5) is 12.8. The third-order valence-corrected chi connectivity index (χ3v) is 6.48. The minimum atomic E-state index is -3.83. The van der Waals surface area contributed by atoms with E-state index in [1.807, 2.05) is 32.0 Å². The lowest BCUT2D eigenvalue weighted by atomic mass is 10.2. The number of hydrogen-bond acceptors (Lipinski definition) is 7. The number of anilines is 1. The van der Waals surface area contributed by atoms with Crippen molar-refractivity contribution < 1.29 is 13.2 Å². The summed E-state index contributed by atoms with van der Waals surface area (Å²) in [5.41, 5.74) is 2.64. The molecular formula is C24H20N6O3S. The highest BCUT2D eigenvalue weighted by molar-refractivity contribution is 7.93. The molecule has 1 N–H and O–H groups in total. The molecule has 10 heteroatoms. The van der Waals surface area contributed by atoms with E-state index < -0.39 is 10.0 Å². The van der Waals surface area contributed by atoms with Crippen LogP contribution in [0.15, 0.2) is 84.1 Å². The largest absolute Gasteiger partial charge is 0.439 e. The van der Waals surface area contributed by atoms with E-state index >= 15 is 0 Å². The number of para-hydroxylation sites is 1. The minimum absolute atomic E-state index is 0.114. The summed E-state index contributed by atoms with van der Waals surface area (Å²) in [7, 11) is -3.83. The molecule has 5 rings (SSSR count). The molecule has 0 radical (unpaired) electrons. The van der Waals surface area contributed by atoms with Crippen molar-refractivity contribution >= 4 is 26.6 Å². The summed E-state index contributed by atoms with van der Waals surface area (Å²) in [6.07, 6.45) is 2.97. The fourth-order valence-corrected chi connectivity index (χ4v) is 4.82. The number of nitrogens with zero attached hydrogens (tertiary/aromatic N) is 5. The smallest absolute Gasteiger partial charge is 0.264 e. The normalized spacial score (nSPS) is 11.5. The van der Waals surface area contributed by atoms with Gasteiger partial charge in [-0.2, -0.15) is 5.10 Å². The first-order valence-corrected chi connectivity index (χ1v) is 11.9. The van der Waals surface area contributed by atoms with Crippen LogP contribution >= 0.6 is 0 Å². The zero-order valence-corrected chi connectivity index (χ0v) is 19.2. The summed E-state index contributed by atoms with van der Waals surface area (Å²) in [5, 5.41) is 5.17. The fourth-order valence-electron chi connectivity index (χ4n) is 3.58. The number of hydrogen-bond donors (Lipinski definition) is 1. The maximum absolute atomic E-state index is 13.0. The Balaban J connectivity index is 1.34. The number of aryl methyl sites for hydroxylation is 2. The summed E-state index contributed by atoms with van der Waals surface area (Å²) in [5.74, 6) is 1.42. The summed E-state index contributed by atoms with van der Waals surface area (Å²) < 4.78 is 36.1. The lowest BCUT2D eigenvalue weighted by molar-refractivity contribution is 0.460. The number of pyridine rings is 1. The number of rotatable bonds is 6. The first kappa shape index (κ1) is 21.5. The van der Waals surface area contributed by atoms with Crippen LogP contribution in [-0.4, -0.2) is 33.2 Å². The Hall–Kier alpha value is -4.31. The van der Waals surface area contributed by atoms with Crippen molar-refractivity contribution in [3.8, 4) is 17.4 Å². The second-order valence-corrected chi connectivity index (χ2v) is 9.27. The molecule has 0 unspecified atom stereocenters. The Morgan fingerprint density at radius 1 is 0.912 bits per heavy atom. The van der Waals surface area contributed by atoms with E-state index in [-0.39, 0.29) is 4.90 Å². The highest BCUT2D eigenvalue weighted by Crippen LogP contribution is 2.26. The van der Waals surface area contributed by atoms with Gasteiger partial charge in [-0.15, -0.1) is 0 Å². The van der Waals surface area contributed by atoms with Crippen LogP contribution < -0.4 is 9.46 Å². The predicted octanol–water partition coefficient (Wildman–Crippen LogP) is 4.42. The molecule has 0 aliphatic heterocycles. The number of ether oxygens (including phenoxy) is 1. The van der Waals surface area contributed by atoms with E-state index in [0.717, 1.165) is 16.8 Å². The number of aromatic nitrogens is 5. The van der Waals surface area contributed by atoms with E-state index in [1.54, 1.807) is 53.3 Å². The van der Waals surface area contributed by atoms with E-state index in [9.17, 15) is 8.42 Å². The lowest BCUT2D eigenvalue weighted by Gasteiger charge is -2.11. The molecule has 0 fully saturated rings. The maximum Gasteiger partial charge on any atom is 0.264 e. The molecule has 34 heavy (non-hydrogen) atoms. The molecule has 170 valence electrons. The first-order valence-electron chi connectivity index (χ1n) is 10.4. The molecule has 3 aromatic heterocycles. The second-order valence-electron chi connectivity index (χ2n) is 7.62. The van der Waals surface area contributed by atoms with Crippen molar-refractivity contribution in [1.82, 2.24) is 24.7 Å². The Labute approximate surface area is 196 Å². The number of benzene rings is 2. The Bertz CT molecular complexity index is 1590.